The van der Waals surface area contributed by atoms with Crippen LogP contribution in [0.1, 0.15) is 265 Å². The van der Waals surface area contributed by atoms with Gasteiger partial charge in [-0.25, -0.2) is 16.8 Å². The van der Waals surface area contributed by atoms with Crippen LogP contribution in [0, 0.1) is 26.0 Å². The van der Waals surface area contributed by atoms with Crippen molar-refractivity contribution < 1.29 is 73.5 Å². The van der Waals surface area contributed by atoms with E-state index in [1.54, 1.807) is 44.6 Å². The van der Waals surface area contributed by atoms with E-state index in [4.69, 9.17) is 18.9 Å². The molecule has 8 nitrogen and oxygen atoms in total. The van der Waals surface area contributed by atoms with E-state index in [-0.39, 0.29) is 58.3 Å². The molecule has 0 unspecified atom stereocenters. The summed E-state index contributed by atoms with van der Waals surface area (Å²) in [7, 11) is -4.09. The largest absolute Gasteiger partial charge is 1.00 e. The zero-order valence-corrected chi connectivity index (χ0v) is 76.2. The van der Waals surface area contributed by atoms with E-state index in [9.17, 15) is 16.8 Å². The van der Waals surface area contributed by atoms with Crippen molar-refractivity contribution in [1.82, 2.24) is 0 Å². The van der Waals surface area contributed by atoms with Crippen molar-refractivity contribution in [3.05, 3.63) is 226 Å². The number of rotatable bonds is 49. The first-order valence-electron chi connectivity index (χ1n) is 40.0. The smallest absolute Gasteiger partial charge is 0.517 e. The normalized spacial score (nSPS) is 11.5. The minimum Gasteiger partial charge on any atom is -0.517 e. The molecule has 0 heterocycles. The van der Waals surface area contributed by atoms with Crippen LogP contribution in [-0.4, -0.2) is 52.4 Å². The number of ether oxygens (including phenoxy) is 4. The Balaban J connectivity index is 0.000000425. The zero-order valence-electron chi connectivity index (χ0n) is 68.2. The van der Waals surface area contributed by atoms with Crippen LogP contribution in [0.4, 0.5) is 0 Å². The molecule has 0 aliphatic heterocycles. The Bertz CT molecular complexity index is 4000. The zero-order chi connectivity index (χ0) is 77.9. The number of hydrogen-bond acceptors (Lipinski definition) is 8. The standard InChI is InChI=1S/C53H74Br2O4S.C29H26O4S.C12H24Br2.2Li/c1-43-27-37-51(44(41-43)25-21-17-13-9-5-7-11-15-19-23-39-54)60(56,57)52-38-36-50(42-45(52)26-22-18-14-10-6-8-12-16-20-24-40-55)59-49-34-30-47(31-35-49)53(2,3)46-28-32-48(58-4)33-29-46;1-21-5-17-27(18-6-21)34(30,31)28-19-15-26(16-20-28)33-25-13-9-23(10-14-25)29(2,3)22-7-11-24(32-4)12-8-22;13-11-9-7-5-3-1-2-4-6-8-10-12-14;;/h27-38,41-42H,5-26,39-40H2,1-4H3;5-17,19H,1-4H3;1-12H2;;/q;-2;;2*+1. The first-order valence-corrected chi connectivity index (χ1v) is 47.5. The molecule has 0 aliphatic rings. The molecule has 8 aromatic rings. The molecule has 110 heavy (non-hydrogen) atoms. The van der Waals surface area contributed by atoms with Crippen LogP contribution in [-0.2, 0) is 43.3 Å². The Kier molecular flexibility index (Phi) is 48.9. The van der Waals surface area contributed by atoms with Crippen LogP contribution in [0.3, 0.4) is 0 Å². The second kappa shape index (κ2) is 54.7. The van der Waals surface area contributed by atoms with E-state index < -0.39 is 19.7 Å². The Morgan fingerprint density at radius 1 is 0.300 bits per heavy atom. The van der Waals surface area contributed by atoms with Gasteiger partial charge in [-0.3, -0.25) is 0 Å². The fraction of sp³-hybridized carbons (Fsp3) is 0.489. The van der Waals surface area contributed by atoms with E-state index >= 15 is 0 Å². The monoisotopic (exact) mass is 1770 g/mol. The summed E-state index contributed by atoms with van der Waals surface area (Å²) in [6.07, 6.45) is 40.5. The number of alkyl halides is 4. The molecule has 0 spiro atoms. The van der Waals surface area contributed by atoms with E-state index in [2.05, 4.69) is 153 Å². The molecule has 0 bridgehead atoms. The Labute approximate surface area is 723 Å². The van der Waals surface area contributed by atoms with Crippen LogP contribution >= 0.6 is 63.7 Å². The number of halogens is 4. The maximum atomic E-state index is 14.7. The van der Waals surface area contributed by atoms with Crippen molar-refractivity contribution in [2.75, 3.05) is 35.5 Å². The Hall–Kier alpha value is -4.03. The predicted octanol–water partition coefficient (Wildman–Crippen LogP) is 22.9. The van der Waals surface area contributed by atoms with Crippen LogP contribution < -0.4 is 56.7 Å². The molecule has 0 amide bonds. The van der Waals surface area contributed by atoms with Gasteiger partial charge < -0.3 is 18.9 Å². The van der Waals surface area contributed by atoms with Gasteiger partial charge in [0, 0.05) is 37.9 Å². The van der Waals surface area contributed by atoms with Crippen molar-refractivity contribution in [2.45, 2.75) is 277 Å². The van der Waals surface area contributed by atoms with Gasteiger partial charge in [-0.05, 0) is 174 Å². The molecule has 16 heteroatoms. The maximum Gasteiger partial charge on any atom is 1.00 e. The summed E-state index contributed by atoms with van der Waals surface area (Å²) in [5.41, 5.74) is 8.14. The molecule has 0 N–H and O–H groups in total. The second-order valence-corrected chi connectivity index (χ2v) is 36.8. The van der Waals surface area contributed by atoms with Crippen molar-refractivity contribution in [3.8, 4) is 34.5 Å². The van der Waals surface area contributed by atoms with Crippen LogP contribution in [0.15, 0.2) is 189 Å². The molecular weight excluding hydrogens is 1650 g/mol. The van der Waals surface area contributed by atoms with Crippen molar-refractivity contribution in [1.29, 1.82) is 0 Å². The Morgan fingerprint density at radius 2 is 0.573 bits per heavy atom. The molecule has 8 rings (SSSR count). The van der Waals surface area contributed by atoms with Crippen LogP contribution in [0.25, 0.3) is 0 Å². The third kappa shape index (κ3) is 34.4. The Morgan fingerprint density at radius 3 is 0.891 bits per heavy atom. The third-order valence-electron chi connectivity index (χ3n) is 20.5. The molecule has 8 aromatic carbocycles. The van der Waals surface area contributed by atoms with Gasteiger partial charge in [0.1, 0.15) is 28.7 Å². The molecular formula is C94H124Br4Li2O8S2. The van der Waals surface area contributed by atoms with Crippen molar-refractivity contribution in [3.63, 3.8) is 0 Å². The topological polar surface area (TPSA) is 105 Å². The summed E-state index contributed by atoms with van der Waals surface area (Å²) < 4.78 is 78.0. The fourth-order valence-electron chi connectivity index (χ4n) is 13.5. The number of aryl methyl sites for hydroxylation is 4. The number of methoxy groups -OCH3 is 2. The minimum absolute atomic E-state index is 0. The molecule has 590 valence electrons. The first-order chi connectivity index (χ1) is 52.2. The number of sulfone groups is 2. The van der Waals surface area contributed by atoms with Crippen molar-refractivity contribution >= 4 is 83.4 Å². The minimum atomic E-state index is -3.76. The molecule has 0 saturated heterocycles. The average molecular weight is 1780 g/mol. The predicted molar refractivity (Wildman–Crippen MR) is 468 cm³/mol. The summed E-state index contributed by atoms with van der Waals surface area (Å²) in [5, 5.41) is 4.58. The van der Waals surface area contributed by atoms with E-state index in [0.717, 1.165) is 87.8 Å². The van der Waals surface area contributed by atoms with E-state index in [0.29, 0.717) is 33.5 Å². The molecule has 0 aromatic heterocycles. The van der Waals surface area contributed by atoms with Gasteiger partial charge >= 0.3 is 37.7 Å². The maximum absolute atomic E-state index is 14.7. The summed E-state index contributed by atoms with van der Waals surface area (Å²) in [6.45, 7) is 12.7. The average Bonchev–Trinajstić information content (AvgIpc) is 0.778. The SMILES string of the molecule is BrCCCCCCCCCCCCBr.COc1ccc(C(C)(C)c2ccc(Oc3c[c-]c(S(=O)(=O)c4[c-]cc(C)cc4)cc3)cc2)cc1.COc1ccc(C(C)(C)c2ccc(Oc3ccc(S(=O)(=O)c4ccc(C)cc4CCCCCCCCCCCCBr)c(CCCCCCCCCCCCBr)c3)cc2)cc1.[Li+].[Li+]. The molecule has 0 aliphatic carbocycles. The first kappa shape index (κ1) is 98.3. The van der Waals surface area contributed by atoms with Gasteiger partial charge in [0.25, 0.3) is 0 Å². The number of benzene rings is 8. The third-order valence-corrected chi connectivity index (χ3v) is 26.4. The second-order valence-electron chi connectivity index (χ2n) is 29.8. The van der Waals surface area contributed by atoms with Crippen LogP contribution in [0.5, 0.6) is 34.5 Å². The van der Waals surface area contributed by atoms with Gasteiger partial charge in [-0.1, -0.05) is 319 Å². The summed E-state index contributed by atoms with van der Waals surface area (Å²) >= 11 is 14.0. The summed E-state index contributed by atoms with van der Waals surface area (Å²) in [6, 6.07) is 59.2. The molecule has 0 radical (unpaired) electrons. The van der Waals surface area contributed by atoms with Crippen LogP contribution in [0.2, 0.25) is 0 Å². The quantitative estimate of drug-likeness (QED) is 0.0161. The van der Waals surface area contributed by atoms with E-state index in [1.165, 1.54) is 206 Å². The molecule has 0 saturated carbocycles. The summed E-state index contributed by atoms with van der Waals surface area (Å²) in [5.74, 6) is 4.23. The molecule has 0 atom stereocenters. The molecule has 0 fully saturated rings. The fourth-order valence-corrected chi connectivity index (χ4v) is 18.0. The number of unbranched alkanes of at least 4 members (excludes halogenated alkanes) is 27. The van der Waals surface area contributed by atoms with Crippen molar-refractivity contribution in [2.24, 2.45) is 0 Å². The van der Waals surface area contributed by atoms with Gasteiger partial charge in [-0.15, -0.1) is 18.2 Å². The number of hydrogen-bond donors (Lipinski definition) is 0. The van der Waals surface area contributed by atoms with Gasteiger partial charge in [0.05, 0.1) is 24.0 Å². The van der Waals surface area contributed by atoms with Gasteiger partial charge in [-0.2, -0.15) is 35.9 Å². The van der Waals surface area contributed by atoms with E-state index in [1.807, 2.05) is 91.9 Å². The summed E-state index contributed by atoms with van der Waals surface area (Å²) in [4.78, 5) is 1.07. The van der Waals surface area contributed by atoms with Gasteiger partial charge in [0.15, 0.2) is 9.84 Å². The van der Waals surface area contributed by atoms with Gasteiger partial charge in [0.2, 0.25) is 9.84 Å².